The highest BCUT2D eigenvalue weighted by Crippen LogP contribution is 1.83. The Hall–Kier alpha value is -0.243. The highest BCUT2D eigenvalue weighted by Gasteiger charge is 1.84. The first-order valence-corrected chi connectivity index (χ1v) is 3.12. The van der Waals surface area contributed by atoms with Crippen LogP contribution in [0.5, 0.6) is 0 Å². The van der Waals surface area contributed by atoms with Gasteiger partial charge in [0.2, 0.25) is 0 Å². The van der Waals surface area contributed by atoms with Crippen molar-refractivity contribution in [1.29, 1.82) is 0 Å². The second kappa shape index (κ2) is 1.26. The van der Waals surface area contributed by atoms with Gasteiger partial charge in [-0.2, -0.15) is 0 Å². The Morgan fingerprint density at radius 2 is 2.80 bits per heavy atom. The van der Waals surface area contributed by atoms with Gasteiger partial charge in [-0.3, -0.25) is 0 Å². The van der Waals surface area contributed by atoms with Gasteiger partial charge in [-0.25, -0.2) is 0 Å². The Bertz CT molecular complexity index is 44.9. The summed E-state index contributed by atoms with van der Waals surface area (Å²) in [6.07, 6.45) is 4.19. The van der Waals surface area contributed by atoms with Crippen LogP contribution < -0.4 is 4.98 Å². The van der Waals surface area contributed by atoms with Gasteiger partial charge in [-0.05, 0) is 12.2 Å². The highest BCUT2D eigenvalue weighted by atomic mass is 28.2. The number of allylic oxidation sites excluding steroid dienone is 1. The first-order chi connectivity index (χ1) is 2.50. The molecule has 0 atom stereocenters. The molecule has 0 bridgehead atoms. The molecule has 1 N–H and O–H groups in total. The van der Waals surface area contributed by atoms with Crippen molar-refractivity contribution in [3.05, 3.63) is 12.3 Å². The smallest absolute Gasteiger partial charge is 0.150 e. The summed E-state index contributed by atoms with van der Waals surface area (Å²) in [7, 11) is 0.565. The summed E-state index contributed by atoms with van der Waals surface area (Å²) < 4.78 is 0. The Morgan fingerprint density at radius 1 is 1.80 bits per heavy atom. The molecule has 1 nitrogen and oxygen atoms in total. The molecule has 0 saturated heterocycles. The maximum Gasteiger partial charge on any atom is 0.150 e. The second-order valence-corrected chi connectivity index (χ2v) is 2.22. The highest BCUT2D eigenvalue weighted by molar-refractivity contribution is 6.34. The van der Waals surface area contributed by atoms with E-state index in [1.807, 2.05) is 6.20 Å². The minimum Gasteiger partial charge on any atom is -0.419 e. The normalized spacial score (nSPS) is 19.2. The van der Waals surface area contributed by atoms with Crippen molar-refractivity contribution in [2.45, 2.75) is 6.04 Å². The lowest BCUT2D eigenvalue weighted by Crippen LogP contribution is -2.01. The van der Waals surface area contributed by atoms with Gasteiger partial charge in [0.1, 0.15) is 9.68 Å². The van der Waals surface area contributed by atoms with Crippen LogP contribution in [0.4, 0.5) is 0 Å². The van der Waals surface area contributed by atoms with Crippen LogP contribution in [0.3, 0.4) is 0 Å². The molecule has 0 spiro atoms. The van der Waals surface area contributed by atoms with Gasteiger partial charge in [0.25, 0.3) is 0 Å². The first kappa shape index (κ1) is 2.97. The van der Waals surface area contributed by atoms with Gasteiger partial charge in [-0.15, -0.1) is 0 Å². The van der Waals surface area contributed by atoms with Crippen LogP contribution in [-0.2, 0) is 0 Å². The molecular weight excluding hydrogens is 78.1 g/mol. The minimum absolute atomic E-state index is 0.565. The molecule has 27 valence electrons. The second-order valence-electron chi connectivity index (χ2n) is 1.01. The van der Waals surface area contributed by atoms with Gasteiger partial charge in [0.05, 0.1) is 0 Å². The number of rotatable bonds is 0. The zero-order valence-corrected chi connectivity index (χ0v) is 4.09. The Morgan fingerprint density at radius 3 is 3.00 bits per heavy atom. The van der Waals surface area contributed by atoms with E-state index in [0.29, 0.717) is 9.68 Å². The van der Waals surface area contributed by atoms with Crippen LogP contribution in [0.25, 0.3) is 0 Å². The Balaban J connectivity index is 2.32. The Kier molecular flexibility index (Phi) is 0.749. The fourth-order valence-corrected chi connectivity index (χ4v) is 1.02. The molecule has 5 heavy (non-hydrogen) atoms. The molecule has 0 saturated carbocycles. The van der Waals surface area contributed by atoms with Gasteiger partial charge in [-0.1, -0.05) is 6.08 Å². The lowest BCUT2D eigenvalue weighted by Gasteiger charge is -1.75. The average Bonchev–Trinajstić information content (AvgIpc) is 1.76. The van der Waals surface area contributed by atoms with Crippen molar-refractivity contribution in [2.75, 3.05) is 0 Å². The van der Waals surface area contributed by atoms with E-state index in [4.69, 9.17) is 0 Å². The summed E-state index contributed by atoms with van der Waals surface area (Å²) in [5, 5.41) is 0. The lowest BCUT2D eigenvalue weighted by molar-refractivity contribution is 1.40. The predicted octanol–water partition coefficient (Wildman–Crippen LogP) is -0.127. The number of hydrogen-bond donors (Lipinski definition) is 1. The van der Waals surface area contributed by atoms with Crippen molar-refractivity contribution in [3.63, 3.8) is 0 Å². The van der Waals surface area contributed by atoms with Crippen LogP contribution in [0, 0.1) is 0 Å². The molecule has 0 aromatic carbocycles. The summed E-state index contributed by atoms with van der Waals surface area (Å²) >= 11 is 0. The topological polar surface area (TPSA) is 12.0 Å². The molecule has 1 aliphatic rings. The monoisotopic (exact) mass is 84.0 g/mol. The first-order valence-electron chi connectivity index (χ1n) is 1.73. The summed E-state index contributed by atoms with van der Waals surface area (Å²) in [5.74, 6) is 0. The van der Waals surface area contributed by atoms with E-state index >= 15 is 0 Å². The van der Waals surface area contributed by atoms with Crippen molar-refractivity contribution in [2.24, 2.45) is 0 Å². The summed E-state index contributed by atoms with van der Waals surface area (Å²) in [6.45, 7) is 0. The molecule has 1 aliphatic heterocycles. The number of nitrogens with one attached hydrogen (secondary N) is 1. The standard InChI is InChI=1S/C3H6NSi/c1-2-4-5-3-1/h1-2,4-5H,3H2. The van der Waals surface area contributed by atoms with Gasteiger partial charge >= 0.3 is 0 Å². The molecule has 0 aromatic heterocycles. The molecular formula is C3H6NSi. The van der Waals surface area contributed by atoms with Crippen molar-refractivity contribution in [3.8, 4) is 0 Å². The molecule has 0 unspecified atom stereocenters. The number of hydrogen-bond acceptors (Lipinski definition) is 1. The third kappa shape index (κ3) is 0.512. The van der Waals surface area contributed by atoms with E-state index in [9.17, 15) is 0 Å². The van der Waals surface area contributed by atoms with Crippen LogP contribution in [0.2, 0.25) is 6.04 Å². The predicted molar refractivity (Wildman–Crippen MR) is 24.2 cm³/mol. The Labute approximate surface area is 34.0 Å². The minimum atomic E-state index is 0.565. The quantitative estimate of drug-likeness (QED) is 0.403. The third-order valence-corrected chi connectivity index (χ3v) is 1.52. The van der Waals surface area contributed by atoms with Crippen LogP contribution >= 0.6 is 0 Å². The molecule has 1 rings (SSSR count). The van der Waals surface area contributed by atoms with Crippen LogP contribution in [0.1, 0.15) is 0 Å². The zero-order chi connectivity index (χ0) is 3.54. The van der Waals surface area contributed by atoms with E-state index in [2.05, 4.69) is 11.1 Å². The zero-order valence-electron chi connectivity index (χ0n) is 2.94. The van der Waals surface area contributed by atoms with E-state index in [1.165, 1.54) is 6.04 Å². The van der Waals surface area contributed by atoms with Crippen molar-refractivity contribution < 1.29 is 0 Å². The molecule has 0 aliphatic carbocycles. The maximum absolute atomic E-state index is 3.12. The fourth-order valence-electron chi connectivity index (χ4n) is 0.340. The van der Waals surface area contributed by atoms with Gasteiger partial charge in [0.15, 0.2) is 0 Å². The molecule has 0 amide bonds. The summed E-state index contributed by atoms with van der Waals surface area (Å²) in [4.78, 5) is 3.12. The SMILES string of the molecule is C1=CN[SiH]C1. The van der Waals surface area contributed by atoms with E-state index in [-0.39, 0.29) is 0 Å². The van der Waals surface area contributed by atoms with Gasteiger partial charge in [0, 0.05) is 0 Å². The summed E-state index contributed by atoms with van der Waals surface area (Å²) in [5.41, 5.74) is 0. The van der Waals surface area contributed by atoms with Crippen LogP contribution in [0.15, 0.2) is 12.3 Å². The van der Waals surface area contributed by atoms with Crippen LogP contribution in [-0.4, -0.2) is 9.68 Å². The largest absolute Gasteiger partial charge is 0.419 e. The average molecular weight is 84.2 g/mol. The third-order valence-electron chi connectivity index (χ3n) is 0.586. The molecule has 0 fully saturated rings. The van der Waals surface area contributed by atoms with Gasteiger partial charge < -0.3 is 4.98 Å². The fraction of sp³-hybridized carbons (Fsp3) is 0.333. The van der Waals surface area contributed by atoms with E-state index in [0.717, 1.165) is 0 Å². The van der Waals surface area contributed by atoms with Crippen molar-refractivity contribution in [1.82, 2.24) is 4.98 Å². The maximum atomic E-state index is 3.12. The van der Waals surface area contributed by atoms with E-state index < -0.39 is 0 Å². The van der Waals surface area contributed by atoms with E-state index in [1.54, 1.807) is 0 Å². The molecule has 2 heteroatoms. The lowest BCUT2D eigenvalue weighted by atomic mass is 10.7. The molecule has 1 radical (unpaired) electrons. The molecule has 0 aromatic rings. The van der Waals surface area contributed by atoms with Crippen molar-refractivity contribution >= 4 is 9.68 Å². The summed E-state index contributed by atoms with van der Waals surface area (Å²) in [6, 6.07) is 1.29. The molecule has 1 heterocycles.